The summed E-state index contributed by atoms with van der Waals surface area (Å²) in [7, 11) is 0. The smallest absolute Gasteiger partial charge is 0.256 e. The SMILES string of the molecule is CC(=O)Nc1ccc(F)c(NC(=O)c2ccccc2COc2ccccc2)c1. The van der Waals surface area contributed by atoms with E-state index in [1.807, 2.05) is 30.3 Å². The minimum absolute atomic E-state index is 0.0185. The summed E-state index contributed by atoms with van der Waals surface area (Å²) >= 11 is 0. The molecule has 0 aromatic heterocycles. The van der Waals surface area contributed by atoms with Crippen molar-refractivity contribution in [3.8, 4) is 5.75 Å². The Morgan fingerprint density at radius 3 is 2.39 bits per heavy atom. The Hall–Kier alpha value is -3.67. The molecule has 3 aromatic rings. The molecule has 0 aliphatic heterocycles. The highest BCUT2D eigenvalue weighted by Gasteiger charge is 2.14. The van der Waals surface area contributed by atoms with Crippen LogP contribution in [0, 0.1) is 5.82 Å². The fraction of sp³-hybridized carbons (Fsp3) is 0.0909. The molecule has 0 saturated carbocycles. The van der Waals surface area contributed by atoms with Gasteiger partial charge in [-0.2, -0.15) is 0 Å². The Morgan fingerprint density at radius 1 is 0.929 bits per heavy atom. The first-order valence-electron chi connectivity index (χ1n) is 8.67. The van der Waals surface area contributed by atoms with Gasteiger partial charge in [-0.15, -0.1) is 0 Å². The molecule has 0 fully saturated rings. The molecule has 0 spiro atoms. The van der Waals surface area contributed by atoms with Crippen molar-refractivity contribution in [1.82, 2.24) is 0 Å². The Kier molecular flexibility index (Phi) is 6.01. The number of rotatable bonds is 6. The molecule has 2 N–H and O–H groups in total. The molecule has 0 unspecified atom stereocenters. The third kappa shape index (κ3) is 4.94. The highest BCUT2D eigenvalue weighted by Crippen LogP contribution is 2.22. The second kappa shape index (κ2) is 8.81. The molecule has 0 radical (unpaired) electrons. The van der Waals surface area contributed by atoms with Crippen LogP contribution >= 0.6 is 0 Å². The van der Waals surface area contributed by atoms with E-state index in [1.165, 1.54) is 25.1 Å². The molecule has 6 heteroatoms. The van der Waals surface area contributed by atoms with Gasteiger partial charge in [0.2, 0.25) is 5.91 Å². The molecule has 28 heavy (non-hydrogen) atoms. The van der Waals surface area contributed by atoms with Crippen molar-refractivity contribution in [3.05, 3.63) is 89.7 Å². The lowest BCUT2D eigenvalue weighted by Crippen LogP contribution is -2.16. The molecule has 2 amide bonds. The molecular weight excluding hydrogens is 359 g/mol. The third-order valence-corrected chi connectivity index (χ3v) is 3.93. The summed E-state index contributed by atoms with van der Waals surface area (Å²) < 4.78 is 19.8. The molecule has 0 bridgehead atoms. The molecule has 3 aromatic carbocycles. The van der Waals surface area contributed by atoms with Crippen molar-refractivity contribution in [2.24, 2.45) is 0 Å². The molecule has 3 rings (SSSR count). The van der Waals surface area contributed by atoms with Crippen molar-refractivity contribution in [3.63, 3.8) is 0 Å². The molecule has 0 saturated heterocycles. The van der Waals surface area contributed by atoms with Crippen molar-refractivity contribution in [1.29, 1.82) is 0 Å². The summed E-state index contributed by atoms with van der Waals surface area (Å²) in [6.07, 6.45) is 0. The third-order valence-electron chi connectivity index (χ3n) is 3.93. The zero-order valence-electron chi connectivity index (χ0n) is 15.2. The number of hydrogen-bond donors (Lipinski definition) is 2. The molecular formula is C22H19FN2O3. The van der Waals surface area contributed by atoms with Gasteiger partial charge in [-0.25, -0.2) is 4.39 Å². The molecule has 0 heterocycles. The Morgan fingerprint density at radius 2 is 1.64 bits per heavy atom. The van der Waals surface area contributed by atoms with Gasteiger partial charge in [-0.05, 0) is 36.4 Å². The normalized spacial score (nSPS) is 10.2. The Labute approximate surface area is 162 Å². The summed E-state index contributed by atoms with van der Waals surface area (Å²) in [6, 6.07) is 20.2. The van der Waals surface area contributed by atoms with Gasteiger partial charge < -0.3 is 15.4 Å². The summed E-state index contributed by atoms with van der Waals surface area (Å²) in [5.41, 5.74) is 1.42. The van der Waals surface area contributed by atoms with E-state index in [4.69, 9.17) is 4.74 Å². The molecule has 5 nitrogen and oxygen atoms in total. The van der Waals surface area contributed by atoms with Crippen LogP contribution in [0.25, 0.3) is 0 Å². The van der Waals surface area contributed by atoms with E-state index in [0.717, 1.165) is 0 Å². The summed E-state index contributed by atoms with van der Waals surface area (Å²) in [4.78, 5) is 23.9. The van der Waals surface area contributed by atoms with Crippen molar-refractivity contribution < 1.29 is 18.7 Å². The predicted molar refractivity (Wildman–Crippen MR) is 106 cm³/mol. The maximum absolute atomic E-state index is 14.1. The lowest BCUT2D eigenvalue weighted by atomic mass is 10.1. The van der Waals surface area contributed by atoms with Crippen LogP contribution in [0.5, 0.6) is 5.75 Å². The number of ether oxygens (including phenoxy) is 1. The van der Waals surface area contributed by atoms with E-state index in [0.29, 0.717) is 22.6 Å². The van der Waals surface area contributed by atoms with Gasteiger partial charge in [0, 0.05) is 23.7 Å². The van der Waals surface area contributed by atoms with Crippen LogP contribution in [0.1, 0.15) is 22.8 Å². The molecule has 0 aliphatic carbocycles. The van der Waals surface area contributed by atoms with Gasteiger partial charge in [-0.1, -0.05) is 36.4 Å². The number of benzene rings is 3. The first kappa shape index (κ1) is 19.1. The Balaban J connectivity index is 1.77. The van der Waals surface area contributed by atoms with Crippen LogP contribution in [0.4, 0.5) is 15.8 Å². The summed E-state index contributed by atoms with van der Waals surface area (Å²) in [5.74, 6) is -0.661. The molecule has 0 atom stereocenters. The zero-order chi connectivity index (χ0) is 19.9. The lowest BCUT2D eigenvalue weighted by molar-refractivity contribution is -0.114. The average Bonchev–Trinajstić information content (AvgIpc) is 2.69. The summed E-state index contributed by atoms with van der Waals surface area (Å²) in [6.45, 7) is 1.55. The highest BCUT2D eigenvalue weighted by molar-refractivity contribution is 6.05. The highest BCUT2D eigenvalue weighted by atomic mass is 19.1. The number of halogens is 1. The van der Waals surface area contributed by atoms with E-state index in [2.05, 4.69) is 10.6 Å². The maximum Gasteiger partial charge on any atom is 0.256 e. The fourth-order valence-electron chi connectivity index (χ4n) is 2.64. The van der Waals surface area contributed by atoms with Gasteiger partial charge in [-0.3, -0.25) is 9.59 Å². The molecule has 0 aliphatic rings. The van der Waals surface area contributed by atoms with Crippen LogP contribution in [-0.2, 0) is 11.4 Å². The van der Waals surface area contributed by atoms with E-state index < -0.39 is 11.7 Å². The number of carbonyl (C=O) groups is 2. The standard InChI is InChI=1S/C22H19FN2O3/c1-15(26)24-17-11-12-20(23)21(13-17)25-22(27)19-10-6-5-7-16(19)14-28-18-8-3-2-4-9-18/h2-13H,14H2,1H3,(H,24,26)(H,25,27). The van der Waals surface area contributed by atoms with Crippen molar-refractivity contribution in [2.75, 3.05) is 10.6 Å². The fourth-order valence-corrected chi connectivity index (χ4v) is 2.64. The second-order valence-corrected chi connectivity index (χ2v) is 6.09. The number of carbonyl (C=O) groups excluding carboxylic acids is 2. The number of hydrogen-bond acceptors (Lipinski definition) is 3. The van der Waals surface area contributed by atoms with Gasteiger partial charge in [0.15, 0.2) is 0 Å². The van der Waals surface area contributed by atoms with Crippen molar-refractivity contribution >= 4 is 23.2 Å². The zero-order valence-corrected chi connectivity index (χ0v) is 15.2. The van der Waals surface area contributed by atoms with Crippen LogP contribution < -0.4 is 15.4 Å². The Bertz CT molecular complexity index is 990. The summed E-state index contributed by atoms with van der Waals surface area (Å²) in [5, 5.41) is 5.12. The van der Waals surface area contributed by atoms with Crippen LogP contribution in [0.2, 0.25) is 0 Å². The largest absolute Gasteiger partial charge is 0.489 e. The second-order valence-electron chi connectivity index (χ2n) is 6.09. The lowest BCUT2D eigenvalue weighted by Gasteiger charge is -2.13. The van der Waals surface area contributed by atoms with Crippen molar-refractivity contribution in [2.45, 2.75) is 13.5 Å². The van der Waals surface area contributed by atoms with Gasteiger partial charge >= 0.3 is 0 Å². The van der Waals surface area contributed by atoms with Crippen LogP contribution in [0.15, 0.2) is 72.8 Å². The van der Waals surface area contributed by atoms with E-state index in [1.54, 1.807) is 24.3 Å². The van der Waals surface area contributed by atoms with E-state index >= 15 is 0 Å². The minimum atomic E-state index is -0.597. The minimum Gasteiger partial charge on any atom is -0.489 e. The van der Waals surface area contributed by atoms with Crippen LogP contribution in [0.3, 0.4) is 0 Å². The number of amides is 2. The quantitative estimate of drug-likeness (QED) is 0.658. The van der Waals surface area contributed by atoms with E-state index in [-0.39, 0.29) is 18.2 Å². The van der Waals surface area contributed by atoms with Gasteiger partial charge in [0.1, 0.15) is 18.2 Å². The average molecular weight is 378 g/mol. The van der Waals surface area contributed by atoms with E-state index in [9.17, 15) is 14.0 Å². The molecule has 142 valence electrons. The monoisotopic (exact) mass is 378 g/mol. The first-order chi connectivity index (χ1) is 13.5. The number of nitrogens with one attached hydrogen (secondary N) is 2. The van der Waals surface area contributed by atoms with Gasteiger partial charge in [0.05, 0.1) is 5.69 Å². The maximum atomic E-state index is 14.1. The van der Waals surface area contributed by atoms with Gasteiger partial charge in [0.25, 0.3) is 5.91 Å². The van der Waals surface area contributed by atoms with Crippen LogP contribution in [-0.4, -0.2) is 11.8 Å². The first-order valence-corrected chi connectivity index (χ1v) is 8.67. The number of para-hydroxylation sites is 1. The number of anilines is 2. The topological polar surface area (TPSA) is 67.4 Å². The predicted octanol–water partition coefficient (Wildman–Crippen LogP) is 4.62.